The number of pyridine rings is 1. The predicted molar refractivity (Wildman–Crippen MR) is 218 cm³/mol. The number of rotatable bonds is 10. The van der Waals surface area contributed by atoms with Crippen molar-refractivity contribution in [3.63, 3.8) is 0 Å². The molecule has 5 amide bonds. The zero-order chi connectivity index (χ0) is 42.5. The Morgan fingerprint density at radius 1 is 0.917 bits per heavy atom. The van der Waals surface area contributed by atoms with E-state index in [0.717, 1.165) is 84.8 Å². The van der Waals surface area contributed by atoms with Crippen molar-refractivity contribution < 1.29 is 42.3 Å². The monoisotopic (exact) mass is 845 g/mol. The number of nitrogens with zero attached hydrogens (tertiary/aromatic N) is 4. The molecule has 1 atom stereocenters. The molecule has 3 fully saturated rings. The maximum absolute atomic E-state index is 13.5. The summed E-state index contributed by atoms with van der Waals surface area (Å²) in [6.07, 6.45) is 2.51. The molecule has 1 aliphatic carbocycles. The summed E-state index contributed by atoms with van der Waals surface area (Å²) < 4.78 is 40.6. The van der Waals surface area contributed by atoms with Gasteiger partial charge in [-0.2, -0.15) is 13.2 Å². The lowest BCUT2D eigenvalue weighted by atomic mass is 9.84. The van der Waals surface area contributed by atoms with E-state index in [0.29, 0.717) is 35.3 Å². The molecular weight excluding hydrogens is 800 g/mol. The van der Waals surface area contributed by atoms with Crippen molar-refractivity contribution in [3.8, 4) is 0 Å². The number of amides is 5. The molecule has 4 N–H and O–H groups in total. The normalized spacial score (nSPS) is 22.0. The highest BCUT2D eigenvalue weighted by molar-refractivity contribution is 7.18. The number of halogens is 3. The number of anilines is 2. The highest BCUT2D eigenvalue weighted by atomic mass is 32.1. The Kier molecular flexibility index (Phi) is 11.3. The van der Waals surface area contributed by atoms with Crippen molar-refractivity contribution in [2.45, 2.75) is 101 Å². The maximum Gasteiger partial charge on any atom is 0.433 e. The second-order valence-electron chi connectivity index (χ2n) is 16.7. The number of nitrogens with one attached hydrogen (secondary N) is 3. The zero-order valence-corrected chi connectivity index (χ0v) is 34.0. The number of piperidine rings is 2. The van der Waals surface area contributed by atoms with Crippen LogP contribution in [0.3, 0.4) is 0 Å². The summed E-state index contributed by atoms with van der Waals surface area (Å²) in [4.78, 5) is 75.9. The van der Waals surface area contributed by atoms with E-state index in [1.54, 1.807) is 44.2 Å². The van der Waals surface area contributed by atoms with Crippen LogP contribution in [0.4, 0.5) is 24.5 Å². The van der Waals surface area contributed by atoms with Crippen LogP contribution in [-0.4, -0.2) is 86.1 Å². The smallest absolute Gasteiger partial charge is 0.386 e. The van der Waals surface area contributed by atoms with Gasteiger partial charge in [-0.25, -0.2) is 9.97 Å². The predicted octanol–water partition coefficient (Wildman–Crippen LogP) is 6.83. The summed E-state index contributed by atoms with van der Waals surface area (Å²) in [6, 6.07) is 11.2. The molecule has 4 aromatic rings. The van der Waals surface area contributed by atoms with E-state index in [9.17, 15) is 42.3 Å². The van der Waals surface area contributed by atoms with Crippen LogP contribution >= 0.6 is 11.3 Å². The van der Waals surface area contributed by atoms with E-state index in [4.69, 9.17) is 4.98 Å². The standard InChI is InChI=1S/C43H46F3N7O6S/c1-42(2,59)27-21-31-33(22-30(27)49-37(55)29-7-4-8-34(48-29)43(44,45)46)60-39(50-31)24-9-11-25(12-10-24)52-19-16-23(17-20-52)15-18-47-28-6-3-5-26-36(28)41(58)53(40(26)57)32-13-14-35(54)51-38(32)56/h3-8,21-25,32,47,59H,9-20H2,1-2H3,(H,49,55)(H,51,54,56)/t24-,25-,32?. The van der Waals surface area contributed by atoms with E-state index >= 15 is 0 Å². The van der Waals surface area contributed by atoms with Gasteiger partial charge in [-0.15, -0.1) is 11.3 Å². The van der Waals surface area contributed by atoms with Crippen molar-refractivity contribution in [1.82, 2.24) is 25.1 Å². The second-order valence-corrected chi connectivity index (χ2v) is 17.8. The van der Waals surface area contributed by atoms with Crippen LogP contribution in [-0.2, 0) is 21.4 Å². The van der Waals surface area contributed by atoms with E-state index in [2.05, 4.69) is 25.8 Å². The average Bonchev–Trinajstić information content (AvgIpc) is 3.75. The molecule has 0 bridgehead atoms. The minimum atomic E-state index is -4.70. The lowest BCUT2D eigenvalue weighted by Gasteiger charge is -2.40. The summed E-state index contributed by atoms with van der Waals surface area (Å²) in [5, 5.41) is 20.3. The highest BCUT2D eigenvalue weighted by Gasteiger charge is 2.45. The first kappa shape index (κ1) is 41.5. The molecule has 0 spiro atoms. The number of aromatic nitrogens is 2. The number of likely N-dealkylation sites (tertiary alicyclic amines) is 1. The minimum absolute atomic E-state index is 0.0672. The Labute approximate surface area is 348 Å². The first-order valence-electron chi connectivity index (χ1n) is 20.4. The number of fused-ring (bicyclic) bond motifs is 2. The Hall–Kier alpha value is -5.26. The Morgan fingerprint density at radius 3 is 2.35 bits per heavy atom. The molecule has 3 aliphatic heterocycles. The molecule has 8 rings (SSSR count). The van der Waals surface area contributed by atoms with Crippen LogP contribution in [0.2, 0.25) is 0 Å². The third-order valence-electron chi connectivity index (χ3n) is 12.3. The SMILES string of the molecule is CC(C)(O)c1cc2nc([C@H]3CC[C@H](N4CCC(CCNc5cccc6c5C(=O)N(C5CCC(=O)NC5=O)C6=O)CC4)CC3)sc2cc1NC(=O)c1cccc(C(F)(F)F)n1. The van der Waals surface area contributed by atoms with Gasteiger partial charge in [-0.3, -0.25) is 34.2 Å². The largest absolute Gasteiger partial charge is 0.433 e. The number of carbonyl (C=O) groups excluding carboxylic acids is 5. The van der Waals surface area contributed by atoms with Crippen LogP contribution in [0.5, 0.6) is 0 Å². The number of hydrogen-bond donors (Lipinski definition) is 4. The van der Waals surface area contributed by atoms with E-state index in [1.165, 1.54) is 17.4 Å². The first-order chi connectivity index (χ1) is 28.5. The summed E-state index contributed by atoms with van der Waals surface area (Å²) in [7, 11) is 0. The van der Waals surface area contributed by atoms with E-state index < -0.39 is 53.0 Å². The minimum Gasteiger partial charge on any atom is -0.386 e. The molecule has 4 aliphatic rings. The molecule has 2 saturated heterocycles. The van der Waals surface area contributed by atoms with Crippen molar-refractivity contribution in [3.05, 3.63) is 81.6 Å². The summed E-state index contributed by atoms with van der Waals surface area (Å²) in [5.74, 6) is -2.14. The third kappa shape index (κ3) is 8.39. The number of imide groups is 2. The molecule has 1 saturated carbocycles. The van der Waals surface area contributed by atoms with E-state index in [1.807, 2.05) is 0 Å². The van der Waals surface area contributed by atoms with Gasteiger partial charge < -0.3 is 20.6 Å². The summed E-state index contributed by atoms with van der Waals surface area (Å²) in [5.41, 5.74) is -0.473. The van der Waals surface area contributed by atoms with Crippen LogP contribution in [0.25, 0.3) is 10.2 Å². The Balaban J connectivity index is 0.835. The summed E-state index contributed by atoms with van der Waals surface area (Å²) >= 11 is 1.53. The lowest BCUT2D eigenvalue weighted by molar-refractivity contribution is -0.141. The summed E-state index contributed by atoms with van der Waals surface area (Å²) in [6.45, 7) is 5.78. The quantitative estimate of drug-likeness (QED) is 0.124. The van der Waals surface area contributed by atoms with Crippen molar-refractivity contribution >= 4 is 62.5 Å². The Morgan fingerprint density at radius 2 is 1.65 bits per heavy atom. The van der Waals surface area contributed by atoms with Gasteiger partial charge in [0.2, 0.25) is 11.8 Å². The number of alkyl halides is 3. The molecule has 0 radical (unpaired) electrons. The van der Waals surface area contributed by atoms with Gasteiger partial charge in [0.1, 0.15) is 17.4 Å². The average molecular weight is 846 g/mol. The van der Waals surface area contributed by atoms with Crippen LogP contribution < -0.4 is 16.0 Å². The van der Waals surface area contributed by atoms with Gasteiger partial charge in [0.15, 0.2) is 0 Å². The number of aliphatic hydroxyl groups is 1. The fourth-order valence-electron chi connectivity index (χ4n) is 9.05. The fourth-order valence-corrected chi connectivity index (χ4v) is 10.2. The molecule has 13 nitrogen and oxygen atoms in total. The first-order valence-corrected chi connectivity index (χ1v) is 21.2. The second kappa shape index (κ2) is 16.3. The van der Waals surface area contributed by atoms with Crippen molar-refractivity contribution in [2.75, 3.05) is 30.3 Å². The molecule has 316 valence electrons. The number of thiazole rings is 1. The molecule has 17 heteroatoms. The van der Waals surface area contributed by atoms with Gasteiger partial charge >= 0.3 is 6.18 Å². The van der Waals surface area contributed by atoms with Gasteiger partial charge in [-0.1, -0.05) is 12.1 Å². The van der Waals surface area contributed by atoms with Gasteiger partial charge in [0.05, 0.1) is 32.0 Å². The maximum atomic E-state index is 13.5. The Bertz CT molecular complexity index is 2360. The molecule has 1 unspecified atom stereocenters. The number of carbonyl (C=O) groups is 5. The molecule has 60 heavy (non-hydrogen) atoms. The van der Waals surface area contributed by atoms with Crippen LogP contribution in [0.1, 0.15) is 125 Å². The lowest BCUT2D eigenvalue weighted by Crippen LogP contribution is -2.54. The third-order valence-corrected chi connectivity index (χ3v) is 13.5. The number of hydrogen-bond acceptors (Lipinski definition) is 11. The molecule has 5 heterocycles. The van der Waals surface area contributed by atoms with Crippen LogP contribution in [0.15, 0.2) is 48.5 Å². The molecular formula is C43H46F3N7O6S. The van der Waals surface area contributed by atoms with Gasteiger partial charge in [0, 0.05) is 41.9 Å². The topological polar surface area (TPSA) is 174 Å². The van der Waals surface area contributed by atoms with E-state index in [-0.39, 0.29) is 41.3 Å². The van der Waals surface area contributed by atoms with Gasteiger partial charge in [-0.05, 0) is 121 Å². The fraction of sp³-hybridized carbons (Fsp3) is 0.465. The molecule has 2 aromatic carbocycles. The zero-order valence-electron chi connectivity index (χ0n) is 33.2. The number of benzene rings is 2. The molecule has 2 aromatic heterocycles. The van der Waals surface area contributed by atoms with Crippen molar-refractivity contribution in [1.29, 1.82) is 0 Å². The highest BCUT2D eigenvalue weighted by Crippen LogP contribution is 2.42. The van der Waals surface area contributed by atoms with Crippen molar-refractivity contribution in [2.24, 2.45) is 5.92 Å². The van der Waals surface area contributed by atoms with Gasteiger partial charge in [0.25, 0.3) is 17.7 Å². The van der Waals surface area contributed by atoms with Crippen LogP contribution in [0, 0.1) is 5.92 Å².